The molecule has 0 aliphatic rings. The van der Waals surface area contributed by atoms with Crippen molar-refractivity contribution >= 4 is 76.0 Å². The monoisotopic (exact) mass is 608 g/mol. The van der Waals surface area contributed by atoms with Crippen LogP contribution in [-0.2, 0) is 10.1 Å². The van der Waals surface area contributed by atoms with E-state index in [4.69, 9.17) is 16.5 Å². The van der Waals surface area contributed by atoms with Crippen LogP contribution in [-0.4, -0.2) is 22.9 Å². The molecule has 41 heavy (non-hydrogen) atoms. The second-order valence-corrected chi connectivity index (χ2v) is 12.6. The van der Waals surface area contributed by atoms with Crippen LogP contribution >= 0.6 is 22.7 Å². The second-order valence-electron chi connectivity index (χ2n) is 9.25. The fourth-order valence-corrected chi connectivity index (χ4v) is 7.57. The Morgan fingerprint density at radius 2 is 1.41 bits per heavy atom. The van der Waals surface area contributed by atoms with Gasteiger partial charge in [0.25, 0.3) is 0 Å². The zero-order chi connectivity index (χ0) is 28.2. The molecule has 0 saturated heterocycles. The van der Waals surface area contributed by atoms with Crippen LogP contribution < -0.4 is 41.0 Å². The summed E-state index contributed by atoms with van der Waals surface area (Å²) in [5.41, 5.74) is 18.6. The second kappa shape index (κ2) is 11.2. The summed E-state index contributed by atoms with van der Waals surface area (Å²) >= 11 is 2.73. The fourth-order valence-electron chi connectivity index (χ4n) is 4.28. The van der Waals surface area contributed by atoms with Crippen LogP contribution in [0.4, 0.5) is 22.7 Å². The Morgan fingerprint density at radius 1 is 0.756 bits per heavy atom. The number of azo groups is 1. The molecule has 0 radical (unpaired) electrons. The number of benzene rings is 4. The Kier molecular flexibility index (Phi) is 8.01. The van der Waals surface area contributed by atoms with E-state index in [9.17, 15) is 13.0 Å². The molecule has 4 N–H and O–H groups in total. The summed E-state index contributed by atoms with van der Waals surface area (Å²) in [5, 5.41) is 10.0. The molecular weight excluding hydrogens is 588 g/mol. The van der Waals surface area contributed by atoms with Crippen LogP contribution in [0.25, 0.3) is 41.6 Å². The SMILES string of the molecule is Cc1cc(N=Nc2ccc(-c3nc4ccc(-c5nc6ccc(C)c(S(=O)(=O)[O-])c6s5)cc4s3)cc2)c(N)cc1N.[Na+]. The Hall–Kier alpha value is -3.23. The summed E-state index contributed by atoms with van der Waals surface area (Å²) < 4.78 is 37.0. The standard InChI is InChI=1S/C28H22N6O3S3.Na/c1-14-3-9-22-25(26(14)40(35,36)37)39-28(32-22)17-6-10-21-24(12-17)38-27(31-21)16-4-7-18(8-5-16)33-34-23-11-15(2)19(29)13-20(23)30;/h3-13H,29-30H2,1-2H3,(H,35,36,37);/q;+1/p-1. The van der Waals surface area contributed by atoms with Crippen LogP contribution in [0.1, 0.15) is 11.1 Å². The molecule has 0 bridgehead atoms. The van der Waals surface area contributed by atoms with E-state index in [2.05, 4.69) is 15.2 Å². The first-order valence-corrected chi connectivity index (χ1v) is 15.1. The average molecular weight is 609 g/mol. The number of fused-ring (bicyclic) bond motifs is 2. The molecule has 9 nitrogen and oxygen atoms in total. The molecule has 0 amide bonds. The van der Waals surface area contributed by atoms with E-state index in [0.717, 1.165) is 31.9 Å². The number of rotatable bonds is 5. The van der Waals surface area contributed by atoms with E-state index < -0.39 is 10.1 Å². The van der Waals surface area contributed by atoms with Gasteiger partial charge in [-0.25, -0.2) is 18.4 Å². The summed E-state index contributed by atoms with van der Waals surface area (Å²) in [6.45, 7) is 3.50. The van der Waals surface area contributed by atoms with E-state index >= 15 is 0 Å². The van der Waals surface area contributed by atoms with Crippen molar-refractivity contribution in [3.63, 3.8) is 0 Å². The minimum atomic E-state index is -4.63. The molecule has 0 aliphatic carbocycles. The number of nitrogens with two attached hydrogens (primary N) is 2. The van der Waals surface area contributed by atoms with E-state index in [-0.39, 0.29) is 34.5 Å². The Morgan fingerprint density at radius 3 is 2.15 bits per heavy atom. The quantitative estimate of drug-likeness (QED) is 0.127. The summed E-state index contributed by atoms with van der Waals surface area (Å²) in [5.74, 6) is 0. The van der Waals surface area contributed by atoms with Crippen molar-refractivity contribution in [2.75, 3.05) is 11.5 Å². The predicted molar refractivity (Wildman–Crippen MR) is 161 cm³/mol. The molecule has 6 rings (SSSR count). The van der Waals surface area contributed by atoms with Gasteiger partial charge in [-0.15, -0.1) is 27.8 Å². The molecule has 0 unspecified atom stereocenters. The topological polar surface area (TPSA) is 160 Å². The molecule has 13 heteroatoms. The van der Waals surface area contributed by atoms with E-state index in [1.807, 2.05) is 49.4 Å². The number of hydrogen-bond acceptors (Lipinski definition) is 11. The maximum Gasteiger partial charge on any atom is 1.00 e. The van der Waals surface area contributed by atoms with Crippen molar-refractivity contribution in [1.82, 2.24) is 9.97 Å². The molecular formula is C28H21N6NaO3S3. The molecule has 6 aromatic rings. The summed E-state index contributed by atoms with van der Waals surface area (Å²) in [7, 11) is -4.63. The Bertz CT molecular complexity index is 2090. The predicted octanol–water partition coefficient (Wildman–Crippen LogP) is 4.34. The van der Waals surface area contributed by atoms with Gasteiger partial charge in [0.15, 0.2) is 0 Å². The number of hydrogen-bond donors (Lipinski definition) is 2. The number of nitrogens with zero attached hydrogens (tertiary/aromatic N) is 4. The number of aryl methyl sites for hydroxylation is 2. The molecule has 2 heterocycles. The van der Waals surface area contributed by atoms with Gasteiger partial charge < -0.3 is 16.0 Å². The molecule has 2 aromatic heterocycles. The smallest absolute Gasteiger partial charge is 0.744 e. The average Bonchev–Trinajstić information content (AvgIpc) is 3.53. The van der Waals surface area contributed by atoms with Gasteiger partial charge >= 0.3 is 29.6 Å². The number of aromatic nitrogens is 2. The van der Waals surface area contributed by atoms with Gasteiger partial charge in [0.2, 0.25) is 0 Å². The largest absolute Gasteiger partial charge is 1.00 e. The third kappa shape index (κ3) is 5.77. The van der Waals surface area contributed by atoms with Crippen LogP contribution in [0.2, 0.25) is 0 Å². The molecule has 0 atom stereocenters. The number of thiazole rings is 2. The van der Waals surface area contributed by atoms with Gasteiger partial charge in [0, 0.05) is 16.8 Å². The van der Waals surface area contributed by atoms with Gasteiger partial charge in [-0.2, -0.15) is 5.11 Å². The zero-order valence-electron chi connectivity index (χ0n) is 22.2. The molecule has 0 spiro atoms. The van der Waals surface area contributed by atoms with Crippen LogP contribution in [0.5, 0.6) is 0 Å². The van der Waals surface area contributed by atoms with E-state index in [1.165, 1.54) is 22.7 Å². The fraction of sp³-hybridized carbons (Fsp3) is 0.0714. The van der Waals surface area contributed by atoms with Gasteiger partial charge in [0.1, 0.15) is 25.8 Å². The van der Waals surface area contributed by atoms with Gasteiger partial charge in [-0.3, -0.25) is 0 Å². The number of nitrogen functional groups attached to an aromatic ring is 2. The van der Waals surface area contributed by atoms with Crippen molar-refractivity contribution in [3.8, 4) is 21.1 Å². The summed E-state index contributed by atoms with van der Waals surface area (Å²) in [6.07, 6.45) is 0. The minimum Gasteiger partial charge on any atom is -0.744 e. The van der Waals surface area contributed by atoms with Crippen LogP contribution in [0, 0.1) is 13.8 Å². The first kappa shape index (κ1) is 29.3. The molecule has 200 valence electrons. The van der Waals surface area contributed by atoms with Gasteiger partial charge in [0.05, 0.1) is 36.7 Å². The molecule has 0 saturated carbocycles. The van der Waals surface area contributed by atoms with E-state index in [0.29, 0.717) is 43.5 Å². The van der Waals surface area contributed by atoms with E-state index in [1.54, 1.807) is 31.2 Å². The Labute approximate surface area is 266 Å². The van der Waals surface area contributed by atoms with Gasteiger partial charge in [-0.05, 0) is 85.6 Å². The third-order valence-electron chi connectivity index (χ3n) is 6.40. The van der Waals surface area contributed by atoms with Crippen molar-refractivity contribution in [1.29, 1.82) is 0 Å². The molecule has 0 fully saturated rings. The molecule has 4 aromatic carbocycles. The zero-order valence-corrected chi connectivity index (χ0v) is 26.7. The van der Waals surface area contributed by atoms with Crippen molar-refractivity contribution in [2.24, 2.45) is 10.2 Å². The maximum absolute atomic E-state index is 11.9. The number of anilines is 2. The third-order valence-corrected chi connectivity index (χ3v) is 9.76. The maximum atomic E-state index is 11.9. The first-order chi connectivity index (χ1) is 19.1. The minimum absolute atomic E-state index is 0. The van der Waals surface area contributed by atoms with Crippen molar-refractivity contribution < 1.29 is 42.5 Å². The summed E-state index contributed by atoms with van der Waals surface area (Å²) in [4.78, 5) is 9.17. The molecule has 0 aliphatic heterocycles. The van der Waals surface area contributed by atoms with Crippen molar-refractivity contribution in [3.05, 3.63) is 77.9 Å². The summed E-state index contributed by atoms with van der Waals surface area (Å²) in [6, 6.07) is 20.2. The van der Waals surface area contributed by atoms with Crippen LogP contribution in [0.15, 0.2) is 81.9 Å². The first-order valence-electron chi connectivity index (χ1n) is 12.0. The Balaban J connectivity index is 0.00000337. The van der Waals surface area contributed by atoms with Crippen LogP contribution in [0.3, 0.4) is 0 Å². The van der Waals surface area contributed by atoms with Crippen molar-refractivity contribution in [2.45, 2.75) is 18.7 Å². The normalized spacial score (nSPS) is 11.9. The van der Waals surface area contributed by atoms with Gasteiger partial charge in [-0.1, -0.05) is 6.07 Å².